The summed E-state index contributed by atoms with van der Waals surface area (Å²) in [6, 6.07) is 5.31. The van der Waals surface area contributed by atoms with E-state index >= 15 is 0 Å². The third-order valence-corrected chi connectivity index (χ3v) is 3.71. The molecule has 8 heteroatoms. The molecule has 0 fully saturated rings. The van der Waals surface area contributed by atoms with Crippen molar-refractivity contribution in [1.29, 1.82) is 10.8 Å². The first-order valence-corrected chi connectivity index (χ1v) is 6.05. The Labute approximate surface area is 134 Å². The predicted molar refractivity (Wildman–Crippen MR) is 85.6 cm³/mol. The highest BCUT2D eigenvalue weighted by Crippen LogP contribution is 2.50. The van der Waals surface area contributed by atoms with Gasteiger partial charge < -0.3 is 17.0 Å². The lowest BCUT2D eigenvalue weighted by Crippen LogP contribution is -2.17. The molecule has 0 amide bonds. The van der Waals surface area contributed by atoms with E-state index < -0.39 is 0 Å². The number of nitrogens with two attached hydrogens (primary N) is 2. The fourth-order valence-corrected chi connectivity index (χ4v) is 2.69. The zero-order valence-electron chi connectivity index (χ0n) is 11.1. The van der Waals surface area contributed by atoms with Crippen LogP contribution in [-0.4, -0.2) is 16.4 Å². The van der Waals surface area contributed by atoms with Crippen molar-refractivity contribution < 1.29 is 4.70 Å². The molecular formula is C13H16Cl2N6. The van der Waals surface area contributed by atoms with Crippen molar-refractivity contribution in [2.24, 2.45) is 11.5 Å². The third kappa shape index (κ3) is 2.77. The molecule has 2 aliphatic rings. The van der Waals surface area contributed by atoms with Crippen molar-refractivity contribution in [3.63, 3.8) is 0 Å². The second-order valence-electron chi connectivity index (χ2n) is 4.91. The second-order valence-corrected chi connectivity index (χ2v) is 4.91. The molecule has 0 saturated carbocycles. The normalized spacial score (nSPS) is 18.5. The largest absolute Gasteiger partial charge is 0.494 e. The molecule has 1 aliphatic heterocycles. The van der Waals surface area contributed by atoms with E-state index in [0.29, 0.717) is 11.1 Å². The topological polar surface area (TPSA) is 125 Å². The van der Waals surface area contributed by atoms with Crippen LogP contribution in [-0.2, 0) is 0 Å². The van der Waals surface area contributed by atoms with Gasteiger partial charge in [0.05, 0.1) is 5.92 Å². The fourth-order valence-electron chi connectivity index (χ4n) is 2.69. The Hall–Kier alpha value is -1.92. The molecule has 112 valence electrons. The van der Waals surface area contributed by atoms with Crippen LogP contribution in [0.3, 0.4) is 0 Å². The van der Waals surface area contributed by atoms with Crippen molar-refractivity contribution in [3.8, 4) is 0 Å². The number of rotatable bonds is 3. The van der Waals surface area contributed by atoms with Crippen molar-refractivity contribution in [3.05, 3.63) is 51.8 Å². The maximum atomic E-state index is 9.56. The Kier molecular flexibility index (Phi) is 4.76. The van der Waals surface area contributed by atoms with Crippen LogP contribution in [0.4, 0.5) is 0 Å². The number of hydrogen-bond acceptors (Lipinski definition) is 2. The first-order valence-electron chi connectivity index (χ1n) is 6.05. The minimum atomic E-state index is -0.0480. The van der Waals surface area contributed by atoms with E-state index in [1.807, 2.05) is 12.1 Å². The van der Waals surface area contributed by atoms with Crippen molar-refractivity contribution in [2.45, 2.75) is 18.8 Å². The van der Waals surface area contributed by atoms with Gasteiger partial charge in [-0.05, 0) is 30.2 Å². The molecular weight excluding hydrogens is 311 g/mol. The number of nitrogens with zero attached hydrogens (tertiary/aromatic N) is 2. The molecule has 1 unspecified atom stereocenters. The molecule has 1 aliphatic carbocycles. The Morgan fingerprint density at radius 1 is 1.10 bits per heavy atom. The van der Waals surface area contributed by atoms with Gasteiger partial charge in [0.25, 0.3) is 5.70 Å². The fraction of sp³-hybridized carbons (Fsp3) is 0.231. The smallest absolute Gasteiger partial charge is 0.250 e. The highest BCUT2D eigenvalue weighted by atomic mass is 35.5. The molecule has 6 nitrogen and oxygen atoms in total. The van der Waals surface area contributed by atoms with Crippen LogP contribution >= 0.6 is 24.8 Å². The molecule has 0 aromatic heterocycles. The summed E-state index contributed by atoms with van der Waals surface area (Å²) in [6.45, 7) is 0. The SMILES string of the molecule is Cl.Cl.[N-]=[N+]1C2=C1C(c1cc(C(=N)N)cc(C(=N)N)c1)CC2. The maximum absolute atomic E-state index is 9.56. The van der Waals surface area contributed by atoms with Gasteiger partial charge in [-0.25, -0.2) is 4.70 Å². The highest BCUT2D eigenvalue weighted by molar-refractivity contribution is 6.00. The van der Waals surface area contributed by atoms with E-state index in [9.17, 15) is 5.53 Å². The molecule has 6 N–H and O–H groups in total. The maximum Gasteiger partial charge on any atom is 0.250 e. The summed E-state index contributed by atoms with van der Waals surface area (Å²) >= 11 is 0. The number of hydrogen-bond donors (Lipinski definition) is 4. The number of piperidine rings is 1. The molecule has 21 heavy (non-hydrogen) atoms. The lowest BCUT2D eigenvalue weighted by atomic mass is 9.92. The Bertz CT molecular complexity index is 647. The summed E-state index contributed by atoms with van der Waals surface area (Å²) in [5.41, 5.74) is 24.6. The molecule has 1 atom stereocenters. The summed E-state index contributed by atoms with van der Waals surface area (Å²) in [4.78, 5) is 0. The molecule has 1 aromatic rings. The number of benzene rings is 1. The average Bonchev–Trinajstić information content (AvgIpc) is 2.84. The van der Waals surface area contributed by atoms with Crippen molar-refractivity contribution >= 4 is 36.5 Å². The van der Waals surface area contributed by atoms with Gasteiger partial charge in [-0.3, -0.25) is 10.8 Å². The molecule has 0 spiro atoms. The number of nitrogens with one attached hydrogen (secondary N) is 2. The summed E-state index contributed by atoms with van der Waals surface area (Å²) < 4.78 is 1.22. The zero-order valence-corrected chi connectivity index (χ0v) is 12.7. The average molecular weight is 327 g/mol. The number of amidine groups is 2. The molecule has 0 radical (unpaired) electrons. The number of halogens is 2. The van der Waals surface area contributed by atoms with Gasteiger partial charge in [-0.2, -0.15) is 0 Å². The van der Waals surface area contributed by atoms with Crippen molar-refractivity contribution in [2.75, 3.05) is 0 Å². The van der Waals surface area contributed by atoms with Crippen LogP contribution in [0, 0.1) is 10.8 Å². The first kappa shape index (κ1) is 17.1. The van der Waals surface area contributed by atoms with E-state index in [0.717, 1.165) is 29.8 Å². The first-order chi connectivity index (χ1) is 8.99. The van der Waals surface area contributed by atoms with Gasteiger partial charge in [-0.15, -0.1) is 24.8 Å². The van der Waals surface area contributed by atoms with Crippen LogP contribution in [0.1, 0.15) is 35.4 Å². The van der Waals surface area contributed by atoms with E-state index in [2.05, 4.69) is 0 Å². The lowest BCUT2D eigenvalue weighted by molar-refractivity contribution is -0.362. The molecule has 0 bridgehead atoms. The van der Waals surface area contributed by atoms with E-state index in [1.54, 1.807) is 6.07 Å². The quantitative estimate of drug-likeness (QED) is 0.386. The molecule has 3 rings (SSSR count). The Morgan fingerprint density at radius 3 is 2.00 bits per heavy atom. The second kappa shape index (κ2) is 5.83. The highest BCUT2D eigenvalue weighted by Gasteiger charge is 2.49. The minimum Gasteiger partial charge on any atom is -0.494 e. The van der Waals surface area contributed by atoms with Gasteiger partial charge >= 0.3 is 0 Å². The van der Waals surface area contributed by atoms with Crippen LogP contribution in [0.25, 0.3) is 5.53 Å². The summed E-state index contributed by atoms with van der Waals surface area (Å²) in [5, 5.41) is 15.1. The van der Waals surface area contributed by atoms with E-state index in [1.165, 1.54) is 4.70 Å². The van der Waals surface area contributed by atoms with Crippen molar-refractivity contribution in [1.82, 2.24) is 0 Å². The Morgan fingerprint density at radius 2 is 1.62 bits per heavy atom. The van der Waals surface area contributed by atoms with Gasteiger partial charge in [0.1, 0.15) is 11.7 Å². The number of allylic oxidation sites excluding steroid dienone is 2. The van der Waals surface area contributed by atoms with Gasteiger partial charge in [0.2, 0.25) is 5.70 Å². The van der Waals surface area contributed by atoms with Crippen LogP contribution in [0.2, 0.25) is 0 Å². The minimum absolute atomic E-state index is 0. The Balaban J connectivity index is 0.00000110. The molecule has 0 saturated heterocycles. The van der Waals surface area contributed by atoms with E-state index in [4.69, 9.17) is 22.3 Å². The standard InChI is InChI=1S/C13H14N6.2ClH/c14-12(15)7-3-6(4-8(5-7)13(16)17)9-1-2-10-11(9)19(10)18;;/h3-5,9H,1-2H2,(H3,14,15)(H3,16,17);2*1H. The summed E-state index contributed by atoms with van der Waals surface area (Å²) in [7, 11) is 0. The van der Waals surface area contributed by atoms with Gasteiger partial charge in [0.15, 0.2) is 0 Å². The van der Waals surface area contributed by atoms with Gasteiger partial charge in [-0.1, -0.05) is 0 Å². The number of nitrogen functional groups attached to an aromatic ring is 2. The monoisotopic (exact) mass is 326 g/mol. The third-order valence-electron chi connectivity index (χ3n) is 3.71. The molecule has 1 aromatic carbocycles. The molecule has 1 heterocycles. The summed E-state index contributed by atoms with van der Waals surface area (Å²) in [5.74, 6) is 0.0128. The van der Waals surface area contributed by atoms with Gasteiger partial charge in [0, 0.05) is 17.5 Å². The van der Waals surface area contributed by atoms with Crippen LogP contribution < -0.4 is 11.5 Å². The van der Waals surface area contributed by atoms with Crippen LogP contribution in [0.5, 0.6) is 0 Å². The summed E-state index contributed by atoms with van der Waals surface area (Å²) in [6.07, 6.45) is 1.79. The van der Waals surface area contributed by atoms with E-state index in [-0.39, 0.29) is 42.4 Å². The zero-order chi connectivity index (χ0) is 13.7. The van der Waals surface area contributed by atoms with Crippen LogP contribution in [0.15, 0.2) is 29.6 Å². The predicted octanol–water partition coefficient (Wildman–Crippen LogP) is 2.24. The lowest BCUT2D eigenvalue weighted by Gasteiger charge is -2.13.